The van der Waals surface area contributed by atoms with Gasteiger partial charge in [-0.1, -0.05) is 36.0 Å². The Kier molecular flexibility index (Phi) is 5.55. The molecule has 27 heavy (non-hydrogen) atoms. The molecule has 3 aromatic rings. The van der Waals surface area contributed by atoms with Crippen LogP contribution in [0.25, 0.3) is 11.3 Å². The largest absolute Gasteiger partial charge is 0.489 e. The number of nitriles is 2. The van der Waals surface area contributed by atoms with Crippen molar-refractivity contribution < 1.29 is 4.74 Å². The molecule has 1 heterocycles. The van der Waals surface area contributed by atoms with E-state index in [2.05, 4.69) is 16.0 Å². The first-order valence-corrected chi connectivity index (χ1v) is 9.17. The van der Waals surface area contributed by atoms with E-state index in [1.54, 1.807) is 42.7 Å². The number of nitrogens with one attached hydrogen (secondary N) is 1. The molecule has 0 radical (unpaired) electrons. The molecule has 0 saturated carbocycles. The van der Waals surface area contributed by atoms with Crippen molar-refractivity contribution >= 4 is 11.8 Å². The lowest BCUT2D eigenvalue weighted by molar-refractivity contribution is 0.306. The number of aromatic nitrogens is 2. The number of hydrogen-bond donors (Lipinski definition) is 1. The molecule has 0 atom stereocenters. The zero-order valence-electron chi connectivity index (χ0n) is 14.4. The van der Waals surface area contributed by atoms with Gasteiger partial charge in [-0.05, 0) is 36.1 Å². The Hall–Kier alpha value is -3.55. The van der Waals surface area contributed by atoms with Crippen LogP contribution in [0.5, 0.6) is 5.75 Å². The minimum Gasteiger partial charge on any atom is -0.489 e. The van der Waals surface area contributed by atoms with Crippen LogP contribution in [0.2, 0.25) is 0 Å². The summed E-state index contributed by atoms with van der Waals surface area (Å²) in [5.41, 5.74) is 1.98. The summed E-state index contributed by atoms with van der Waals surface area (Å²) in [6, 6.07) is 18.2. The SMILES string of the molecule is CSc1nc(-c2cccc(OCc3ccc(C#N)cc3)c2)c(C#N)c(=O)[nH]1. The van der Waals surface area contributed by atoms with Crippen LogP contribution in [-0.2, 0) is 6.61 Å². The van der Waals surface area contributed by atoms with E-state index < -0.39 is 5.56 Å². The van der Waals surface area contributed by atoms with Gasteiger partial charge in [0.25, 0.3) is 5.56 Å². The van der Waals surface area contributed by atoms with Crippen molar-refractivity contribution in [3.05, 3.63) is 75.6 Å². The molecule has 0 amide bonds. The van der Waals surface area contributed by atoms with E-state index in [1.807, 2.05) is 18.2 Å². The van der Waals surface area contributed by atoms with Gasteiger partial charge >= 0.3 is 0 Å². The standard InChI is InChI=1S/C20H14N4O2S/c1-27-20-23-18(17(11-22)19(25)24-20)15-3-2-4-16(9-15)26-12-14-7-5-13(10-21)6-8-14/h2-9H,12H2,1H3,(H,23,24,25). The summed E-state index contributed by atoms with van der Waals surface area (Å²) < 4.78 is 5.80. The van der Waals surface area contributed by atoms with Crippen LogP contribution in [0, 0.1) is 22.7 Å². The smallest absolute Gasteiger partial charge is 0.270 e. The first kappa shape index (κ1) is 18.2. The molecular formula is C20H14N4O2S. The van der Waals surface area contributed by atoms with Gasteiger partial charge in [-0.2, -0.15) is 10.5 Å². The van der Waals surface area contributed by atoms with E-state index in [9.17, 15) is 10.1 Å². The first-order valence-electron chi connectivity index (χ1n) is 7.95. The molecule has 0 bridgehead atoms. The Balaban J connectivity index is 1.88. The number of nitrogens with zero attached hydrogens (tertiary/aromatic N) is 3. The maximum Gasteiger partial charge on any atom is 0.270 e. The van der Waals surface area contributed by atoms with Crippen LogP contribution in [0.1, 0.15) is 16.7 Å². The third-order valence-corrected chi connectivity index (χ3v) is 4.38. The van der Waals surface area contributed by atoms with Gasteiger partial charge in [0.1, 0.15) is 24.0 Å². The molecule has 2 aromatic carbocycles. The molecule has 6 nitrogen and oxygen atoms in total. The summed E-state index contributed by atoms with van der Waals surface area (Å²) in [4.78, 5) is 19.0. The molecule has 0 unspecified atom stereocenters. The highest BCUT2D eigenvalue weighted by Crippen LogP contribution is 2.25. The normalized spacial score (nSPS) is 10.0. The Morgan fingerprint density at radius 2 is 1.93 bits per heavy atom. The van der Waals surface area contributed by atoms with Crippen LogP contribution in [0.15, 0.2) is 58.5 Å². The zero-order chi connectivity index (χ0) is 19.2. The summed E-state index contributed by atoms with van der Waals surface area (Å²) in [6.45, 7) is 0.332. The molecule has 0 saturated heterocycles. The second kappa shape index (κ2) is 8.22. The number of ether oxygens (including phenoxy) is 1. The van der Waals surface area contributed by atoms with Crippen molar-refractivity contribution in [2.45, 2.75) is 11.8 Å². The van der Waals surface area contributed by atoms with Gasteiger partial charge in [0.05, 0.1) is 17.3 Å². The van der Waals surface area contributed by atoms with Crippen LogP contribution in [0.4, 0.5) is 0 Å². The van der Waals surface area contributed by atoms with Crippen molar-refractivity contribution in [1.29, 1.82) is 10.5 Å². The molecular weight excluding hydrogens is 360 g/mol. The number of aromatic amines is 1. The number of hydrogen-bond acceptors (Lipinski definition) is 6. The van der Waals surface area contributed by atoms with Gasteiger partial charge in [0.2, 0.25) is 0 Å². The van der Waals surface area contributed by atoms with Crippen LogP contribution >= 0.6 is 11.8 Å². The second-order valence-electron chi connectivity index (χ2n) is 5.54. The Morgan fingerprint density at radius 3 is 2.59 bits per heavy atom. The summed E-state index contributed by atoms with van der Waals surface area (Å²) >= 11 is 1.30. The van der Waals surface area contributed by atoms with Gasteiger partial charge in [-0.15, -0.1) is 0 Å². The van der Waals surface area contributed by atoms with Gasteiger partial charge in [-0.25, -0.2) is 4.98 Å². The predicted molar refractivity (Wildman–Crippen MR) is 102 cm³/mol. The molecule has 0 aliphatic rings. The monoisotopic (exact) mass is 374 g/mol. The number of thioether (sulfide) groups is 1. The fraction of sp³-hybridized carbons (Fsp3) is 0.100. The van der Waals surface area contributed by atoms with E-state index in [0.29, 0.717) is 34.3 Å². The van der Waals surface area contributed by atoms with E-state index in [4.69, 9.17) is 10.00 Å². The average Bonchev–Trinajstić information content (AvgIpc) is 2.72. The van der Waals surface area contributed by atoms with Crippen molar-refractivity contribution in [3.8, 4) is 29.1 Å². The van der Waals surface area contributed by atoms with E-state index in [1.165, 1.54) is 11.8 Å². The Bertz CT molecular complexity index is 1110. The summed E-state index contributed by atoms with van der Waals surface area (Å²) in [5.74, 6) is 0.591. The summed E-state index contributed by atoms with van der Waals surface area (Å²) in [5, 5.41) is 18.6. The van der Waals surface area contributed by atoms with Crippen molar-refractivity contribution in [1.82, 2.24) is 9.97 Å². The summed E-state index contributed by atoms with van der Waals surface area (Å²) in [6.07, 6.45) is 1.80. The molecule has 0 aliphatic carbocycles. The third kappa shape index (κ3) is 4.17. The highest BCUT2D eigenvalue weighted by Gasteiger charge is 2.13. The van der Waals surface area contributed by atoms with E-state index in [-0.39, 0.29) is 5.56 Å². The van der Waals surface area contributed by atoms with Crippen molar-refractivity contribution in [2.24, 2.45) is 0 Å². The fourth-order valence-electron chi connectivity index (χ4n) is 2.44. The summed E-state index contributed by atoms with van der Waals surface area (Å²) in [7, 11) is 0. The molecule has 1 N–H and O–H groups in total. The fourth-order valence-corrected chi connectivity index (χ4v) is 2.81. The van der Waals surface area contributed by atoms with Crippen LogP contribution in [0.3, 0.4) is 0 Å². The van der Waals surface area contributed by atoms with Crippen LogP contribution < -0.4 is 10.3 Å². The van der Waals surface area contributed by atoms with Gasteiger partial charge in [-0.3, -0.25) is 4.79 Å². The topological polar surface area (TPSA) is 103 Å². The average molecular weight is 374 g/mol. The molecule has 7 heteroatoms. The van der Waals surface area contributed by atoms with E-state index in [0.717, 1.165) is 5.56 Å². The second-order valence-corrected chi connectivity index (χ2v) is 6.33. The maximum atomic E-state index is 12.1. The Morgan fingerprint density at radius 1 is 1.15 bits per heavy atom. The minimum absolute atomic E-state index is 0.0305. The zero-order valence-corrected chi connectivity index (χ0v) is 15.2. The maximum absolute atomic E-state index is 12.1. The van der Waals surface area contributed by atoms with Crippen molar-refractivity contribution in [3.63, 3.8) is 0 Å². The third-order valence-electron chi connectivity index (χ3n) is 3.80. The number of H-pyrrole nitrogens is 1. The molecule has 0 spiro atoms. The molecule has 0 aliphatic heterocycles. The predicted octanol–water partition coefficient (Wildman–Crippen LogP) is 3.48. The highest BCUT2D eigenvalue weighted by atomic mass is 32.2. The lowest BCUT2D eigenvalue weighted by Gasteiger charge is -2.09. The molecule has 3 rings (SSSR count). The van der Waals surface area contributed by atoms with Gasteiger partial charge < -0.3 is 9.72 Å². The minimum atomic E-state index is -0.462. The number of benzene rings is 2. The van der Waals surface area contributed by atoms with Gasteiger partial charge in [0, 0.05) is 5.56 Å². The Labute approximate surface area is 160 Å². The van der Waals surface area contributed by atoms with E-state index >= 15 is 0 Å². The molecule has 132 valence electrons. The first-order chi connectivity index (χ1) is 13.1. The number of rotatable bonds is 5. The van der Waals surface area contributed by atoms with Gasteiger partial charge in [0.15, 0.2) is 5.16 Å². The highest BCUT2D eigenvalue weighted by molar-refractivity contribution is 7.98. The van der Waals surface area contributed by atoms with Crippen molar-refractivity contribution in [2.75, 3.05) is 6.26 Å². The van der Waals surface area contributed by atoms with Crippen LogP contribution in [-0.4, -0.2) is 16.2 Å². The lowest BCUT2D eigenvalue weighted by atomic mass is 10.1. The quantitative estimate of drug-likeness (QED) is 0.542. The molecule has 0 fully saturated rings. The lowest BCUT2D eigenvalue weighted by Crippen LogP contribution is -2.14. The molecule has 1 aromatic heterocycles.